The van der Waals surface area contributed by atoms with Gasteiger partial charge in [0.15, 0.2) is 0 Å². The maximum atomic E-state index is 6.45. The summed E-state index contributed by atoms with van der Waals surface area (Å²) < 4.78 is 6.45. The summed E-state index contributed by atoms with van der Waals surface area (Å²) >= 11 is 0. The van der Waals surface area contributed by atoms with E-state index in [1.165, 1.54) is 24.0 Å². The molecule has 2 heteroatoms. The molecule has 3 atom stereocenters. The van der Waals surface area contributed by atoms with E-state index in [2.05, 4.69) is 58.1 Å². The Hall–Kier alpha value is -1.02. The quantitative estimate of drug-likeness (QED) is 0.851. The van der Waals surface area contributed by atoms with Crippen LogP contribution in [-0.4, -0.2) is 18.7 Å². The fourth-order valence-corrected chi connectivity index (χ4v) is 3.22. The molecule has 0 heterocycles. The second-order valence-electron chi connectivity index (χ2n) is 6.92. The SMILES string of the molecule is CCNC1CCC(C)CC1Oc1cc(C(C)C)ccc1C. The van der Waals surface area contributed by atoms with Crippen LogP contribution in [-0.2, 0) is 0 Å². The Bertz CT molecular complexity index is 455. The molecule has 0 amide bonds. The Morgan fingerprint density at radius 1 is 1.29 bits per heavy atom. The zero-order chi connectivity index (χ0) is 15.4. The van der Waals surface area contributed by atoms with Crippen molar-refractivity contribution in [1.29, 1.82) is 0 Å². The second-order valence-corrected chi connectivity index (χ2v) is 6.92. The number of rotatable bonds is 5. The monoisotopic (exact) mass is 289 g/mol. The van der Waals surface area contributed by atoms with Crippen LogP contribution in [0.4, 0.5) is 0 Å². The van der Waals surface area contributed by atoms with Crippen LogP contribution in [0.2, 0.25) is 0 Å². The maximum absolute atomic E-state index is 6.45. The van der Waals surface area contributed by atoms with E-state index in [0.717, 1.165) is 24.6 Å². The normalized spacial score (nSPS) is 26.1. The molecular formula is C19H31NO. The number of ether oxygens (including phenoxy) is 1. The standard InChI is InChI=1S/C19H31NO/c1-6-20-17-10-7-14(4)11-19(17)21-18-12-16(13(2)3)9-8-15(18)5/h8-9,12-14,17,19-20H,6-7,10-11H2,1-5H3. The summed E-state index contributed by atoms with van der Waals surface area (Å²) in [5.41, 5.74) is 2.60. The number of nitrogens with one attached hydrogen (secondary N) is 1. The Morgan fingerprint density at radius 2 is 2.05 bits per heavy atom. The Balaban J connectivity index is 2.15. The molecule has 21 heavy (non-hydrogen) atoms. The molecule has 0 aliphatic heterocycles. The minimum absolute atomic E-state index is 0.301. The molecule has 118 valence electrons. The molecule has 0 bridgehead atoms. The highest BCUT2D eigenvalue weighted by Crippen LogP contribution is 2.31. The Kier molecular flexibility index (Phi) is 5.69. The van der Waals surface area contributed by atoms with Crippen molar-refractivity contribution >= 4 is 0 Å². The summed E-state index contributed by atoms with van der Waals surface area (Å²) in [7, 11) is 0. The van der Waals surface area contributed by atoms with E-state index in [4.69, 9.17) is 4.74 Å². The van der Waals surface area contributed by atoms with Gasteiger partial charge in [-0.05, 0) is 61.8 Å². The topological polar surface area (TPSA) is 21.3 Å². The van der Waals surface area contributed by atoms with Crippen molar-refractivity contribution in [2.24, 2.45) is 5.92 Å². The lowest BCUT2D eigenvalue weighted by atomic mass is 9.85. The first-order valence-electron chi connectivity index (χ1n) is 8.51. The van der Waals surface area contributed by atoms with Crippen LogP contribution in [0.5, 0.6) is 5.75 Å². The Morgan fingerprint density at radius 3 is 2.71 bits per heavy atom. The fraction of sp³-hybridized carbons (Fsp3) is 0.684. The molecule has 0 aromatic heterocycles. The van der Waals surface area contributed by atoms with Gasteiger partial charge < -0.3 is 10.1 Å². The van der Waals surface area contributed by atoms with Crippen molar-refractivity contribution in [2.75, 3.05) is 6.54 Å². The summed E-state index contributed by atoms with van der Waals surface area (Å²) in [4.78, 5) is 0. The van der Waals surface area contributed by atoms with Gasteiger partial charge in [-0.15, -0.1) is 0 Å². The molecule has 1 saturated carbocycles. The number of hydrogen-bond acceptors (Lipinski definition) is 2. The van der Waals surface area contributed by atoms with Gasteiger partial charge in [0.25, 0.3) is 0 Å². The van der Waals surface area contributed by atoms with Crippen molar-refractivity contribution in [1.82, 2.24) is 5.32 Å². The fourth-order valence-electron chi connectivity index (χ4n) is 3.22. The van der Waals surface area contributed by atoms with Gasteiger partial charge in [0, 0.05) is 6.04 Å². The first-order chi connectivity index (χ1) is 10.0. The van der Waals surface area contributed by atoms with Crippen LogP contribution in [0.15, 0.2) is 18.2 Å². The van der Waals surface area contributed by atoms with Crippen molar-refractivity contribution in [3.63, 3.8) is 0 Å². The van der Waals surface area contributed by atoms with Gasteiger partial charge in [0.1, 0.15) is 11.9 Å². The summed E-state index contributed by atoms with van der Waals surface area (Å²) in [6.45, 7) is 12.2. The number of hydrogen-bond donors (Lipinski definition) is 1. The van der Waals surface area contributed by atoms with Crippen LogP contribution in [0.25, 0.3) is 0 Å². The molecule has 1 fully saturated rings. The van der Waals surface area contributed by atoms with Crippen molar-refractivity contribution in [3.05, 3.63) is 29.3 Å². The molecule has 1 aliphatic carbocycles. The van der Waals surface area contributed by atoms with Crippen LogP contribution in [0.3, 0.4) is 0 Å². The van der Waals surface area contributed by atoms with Gasteiger partial charge in [-0.25, -0.2) is 0 Å². The van der Waals surface area contributed by atoms with Gasteiger partial charge in [-0.2, -0.15) is 0 Å². The van der Waals surface area contributed by atoms with Crippen LogP contribution < -0.4 is 10.1 Å². The molecule has 2 rings (SSSR count). The average Bonchev–Trinajstić information content (AvgIpc) is 2.44. The minimum Gasteiger partial charge on any atom is -0.489 e. The summed E-state index contributed by atoms with van der Waals surface area (Å²) in [5.74, 6) is 2.38. The van der Waals surface area contributed by atoms with E-state index in [1.807, 2.05) is 0 Å². The lowest BCUT2D eigenvalue weighted by molar-refractivity contribution is 0.0909. The molecule has 2 nitrogen and oxygen atoms in total. The van der Waals surface area contributed by atoms with Crippen molar-refractivity contribution < 1.29 is 4.74 Å². The van der Waals surface area contributed by atoms with E-state index in [9.17, 15) is 0 Å². The second kappa shape index (κ2) is 7.31. The zero-order valence-corrected chi connectivity index (χ0v) is 14.3. The zero-order valence-electron chi connectivity index (χ0n) is 14.3. The molecule has 1 aliphatic rings. The average molecular weight is 289 g/mol. The number of aryl methyl sites for hydroxylation is 1. The summed E-state index contributed by atoms with van der Waals surface area (Å²) in [5, 5.41) is 3.61. The highest BCUT2D eigenvalue weighted by Gasteiger charge is 2.30. The van der Waals surface area contributed by atoms with E-state index in [1.54, 1.807) is 0 Å². The van der Waals surface area contributed by atoms with Crippen LogP contribution in [0.1, 0.15) is 64.0 Å². The van der Waals surface area contributed by atoms with Crippen molar-refractivity contribution in [2.45, 2.75) is 71.9 Å². The predicted molar refractivity (Wildman–Crippen MR) is 90.2 cm³/mol. The minimum atomic E-state index is 0.301. The predicted octanol–water partition coefficient (Wildman–Crippen LogP) is 4.66. The lowest BCUT2D eigenvalue weighted by Gasteiger charge is -2.36. The van der Waals surface area contributed by atoms with E-state index in [0.29, 0.717) is 18.1 Å². The van der Waals surface area contributed by atoms with Gasteiger partial charge >= 0.3 is 0 Å². The van der Waals surface area contributed by atoms with Gasteiger partial charge in [0.05, 0.1) is 0 Å². The van der Waals surface area contributed by atoms with Crippen LogP contribution in [0, 0.1) is 12.8 Å². The summed E-state index contributed by atoms with van der Waals surface area (Å²) in [6, 6.07) is 7.15. The third kappa shape index (κ3) is 4.23. The molecule has 3 unspecified atom stereocenters. The molecule has 0 spiro atoms. The molecule has 1 N–H and O–H groups in total. The highest BCUT2D eigenvalue weighted by atomic mass is 16.5. The first kappa shape index (κ1) is 16.4. The third-order valence-corrected chi connectivity index (χ3v) is 4.68. The first-order valence-corrected chi connectivity index (χ1v) is 8.51. The van der Waals surface area contributed by atoms with Gasteiger partial charge in [0.2, 0.25) is 0 Å². The third-order valence-electron chi connectivity index (χ3n) is 4.68. The molecule has 1 aromatic carbocycles. The largest absolute Gasteiger partial charge is 0.489 e. The number of benzene rings is 1. The maximum Gasteiger partial charge on any atom is 0.122 e. The molecule has 1 aromatic rings. The van der Waals surface area contributed by atoms with E-state index >= 15 is 0 Å². The van der Waals surface area contributed by atoms with Crippen molar-refractivity contribution in [3.8, 4) is 5.75 Å². The van der Waals surface area contributed by atoms with Gasteiger partial charge in [-0.3, -0.25) is 0 Å². The Labute approximate surface area is 130 Å². The van der Waals surface area contributed by atoms with Gasteiger partial charge in [-0.1, -0.05) is 39.8 Å². The van der Waals surface area contributed by atoms with Crippen LogP contribution >= 0.6 is 0 Å². The number of likely N-dealkylation sites (N-methyl/N-ethyl adjacent to an activating group) is 1. The molecule has 0 saturated heterocycles. The lowest BCUT2D eigenvalue weighted by Crippen LogP contribution is -2.46. The molecular weight excluding hydrogens is 258 g/mol. The highest BCUT2D eigenvalue weighted by molar-refractivity contribution is 5.38. The van der Waals surface area contributed by atoms with E-state index in [-0.39, 0.29) is 0 Å². The summed E-state index contributed by atoms with van der Waals surface area (Å²) in [6.07, 6.45) is 3.99. The smallest absolute Gasteiger partial charge is 0.122 e. The molecule has 0 radical (unpaired) electrons. The van der Waals surface area contributed by atoms with E-state index < -0.39 is 0 Å².